The number of amides is 1. The van der Waals surface area contributed by atoms with Gasteiger partial charge in [0.25, 0.3) is 5.91 Å². The molecule has 0 fully saturated rings. The van der Waals surface area contributed by atoms with E-state index in [2.05, 4.69) is 5.10 Å². The van der Waals surface area contributed by atoms with Crippen molar-refractivity contribution in [3.8, 4) is 0 Å². The molecular weight excluding hydrogens is 333 g/mol. The Morgan fingerprint density at radius 3 is 2.62 bits per heavy atom. The number of hydrogen-bond donors (Lipinski definition) is 0. The molecule has 0 aliphatic carbocycles. The number of carbonyl (C=O) groups is 1. The summed E-state index contributed by atoms with van der Waals surface area (Å²) in [5.74, 6) is -0.232. The molecule has 0 aliphatic heterocycles. The third kappa shape index (κ3) is 3.51. The summed E-state index contributed by atoms with van der Waals surface area (Å²) >= 11 is 18.1. The van der Waals surface area contributed by atoms with Gasteiger partial charge in [0.15, 0.2) is 0 Å². The van der Waals surface area contributed by atoms with Gasteiger partial charge < -0.3 is 4.90 Å². The topological polar surface area (TPSA) is 38.1 Å². The molecule has 1 amide bonds. The second kappa shape index (κ2) is 6.69. The van der Waals surface area contributed by atoms with Crippen LogP contribution in [0.3, 0.4) is 0 Å². The summed E-state index contributed by atoms with van der Waals surface area (Å²) in [7, 11) is 1.67. The first-order valence-corrected chi connectivity index (χ1v) is 7.48. The van der Waals surface area contributed by atoms with Gasteiger partial charge in [0.1, 0.15) is 5.69 Å². The van der Waals surface area contributed by atoms with E-state index in [0.717, 1.165) is 6.54 Å². The number of rotatable bonds is 4. The zero-order valence-electron chi connectivity index (χ0n) is 11.6. The Balaban J connectivity index is 2.19. The maximum Gasteiger partial charge on any atom is 0.255 e. The van der Waals surface area contributed by atoms with Gasteiger partial charge in [-0.15, -0.1) is 0 Å². The lowest BCUT2D eigenvalue weighted by Gasteiger charge is -2.17. The zero-order chi connectivity index (χ0) is 15.6. The molecule has 1 aromatic carbocycles. The fraction of sp³-hybridized carbons (Fsp3) is 0.286. The lowest BCUT2D eigenvalue weighted by Crippen LogP contribution is -2.27. The Morgan fingerprint density at radius 2 is 2.00 bits per heavy atom. The first kappa shape index (κ1) is 16.1. The van der Waals surface area contributed by atoms with Crippen molar-refractivity contribution in [2.45, 2.75) is 20.0 Å². The summed E-state index contributed by atoms with van der Waals surface area (Å²) in [5.41, 5.74) is 1.00. The highest BCUT2D eigenvalue weighted by Crippen LogP contribution is 2.27. The number of aromatic nitrogens is 2. The van der Waals surface area contributed by atoms with Gasteiger partial charge >= 0.3 is 0 Å². The molecule has 21 heavy (non-hydrogen) atoms. The number of nitrogens with zero attached hydrogens (tertiary/aromatic N) is 3. The monoisotopic (exact) mass is 345 g/mol. The van der Waals surface area contributed by atoms with Crippen LogP contribution in [-0.4, -0.2) is 27.6 Å². The summed E-state index contributed by atoms with van der Waals surface area (Å²) in [6, 6.07) is 4.97. The van der Waals surface area contributed by atoms with Gasteiger partial charge in [-0.2, -0.15) is 5.10 Å². The van der Waals surface area contributed by atoms with E-state index < -0.39 is 0 Å². The fourth-order valence-corrected chi connectivity index (χ4v) is 2.47. The Bertz CT molecular complexity index is 669. The molecule has 1 aromatic heterocycles. The lowest BCUT2D eigenvalue weighted by atomic mass is 10.2. The molecule has 4 nitrogen and oxygen atoms in total. The SMILES string of the molecule is CCn1cc(Cl)c(CN(C)C(=O)c2cccc(Cl)c2Cl)n1. The summed E-state index contributed by atoms with van der Waals surface area (Å²) < 4.78 is 1.72. The van der Waals surface area contributed by atoms with Gasteiger partial charge in [-0.1, -0.05) is 40.9 Å². The van der Waals surface area contributed by atoms with Crippen LogP contribution in [0.25, 0.3) is 0 Å². The molecule has 0 N–H and O–H groups in total. The van der Waals surface area contributed by atoms with E-state index in [1.54, 1.807) is 36.1 Å². The van der Waals surface area contributed by atoms with Crippen LogP contribution < -0.4 is 0 Å². The second-order valence-corrected chi connectivity index (χ2v) is 5.73. The van der Waals surface area contributed by atoms with Crippen molar-refractivity contribution in [1.82, 2.24) is 14.7 Å². The summed E-state index contributed by atoms with van der Waals surface area (Å²) in [5, 5.41) is 5.45. The normalized spacial score (nSPS) is 10.7. The minimum Gasteiger partial charge on any atom is -0.336 e. The fourth-order valence-electron chi connectivity index (χ4n) is 1.88. The molecule has 0 saturated heterocycles. The van der Waals surface area contributed by atoms with E-state index >= 15 is 0 Å². The van der Waals surface area contributed by atoms with Crippen molar-refractivity contribution in [1.29, 1.82) is 0 Å². The second-order valence-electron chi connectivity index (χ2n) is 4.54. The van der Waals surface area contributed by atoms with Crippen molar-refractivity contribution in [2.75, 3.05) is 7.05 Å². The van der Waals surface area contributed by atoms with E-state index in [9.17, 15) is 4.79 Å². The smallest absolute Gasteiger partial charge is 0.255 e. The Hall–Kier alpha value is -1.23. The average molecular weight is 347 g/mol. The highest BCUT2D eigenvalue weighted by molar-refractivity contribution is 6.43. The van der Waals surface area contributed by atoms with E-state index in [4.69, 9.17) is 34.8 Å². The maximum atomic E-state index is 12.4. The molecule has 0 radical (unpaired) electrons. The molecule has 0 atom stereocenters. The first-order chi connectivity index (χ1) is 9.93. The summed E-state index contributed by atoms with van der Waals surface area (Å²) in [6.45, 7) is 2.98. The predicted molar refractivity (Wildman–Crippen MR) is 85.2 cm³/mol. The lowest BCUT2D eigenvalue weighted by molar-refractivity contribution is 0.0783. The van der Waals surface area contributed by atoms with Crippen LogP contribution in [0.1, 0.15) is 23.0 Å². The highest BCUT2D eigenvalue weighted by atomic mass is 35.5. The molecule has 0 spiro atoms. The predicted octanol–water partition coefficient (Wildman–Crippen LogP) is 4.14. The standard InChI is InChI=1S/C14H14Cl3N3O/c1-3-20-7-11(16)12(18-20)8-19(2)14(21)9-5-4-6-10(15)13(9)17/h4-7H,3,8H2,1-2H3. The van der Waals surface area contributed by atoms with Crippen LogP contribution in [0.5, 0.6) is 0 Å². The van der Waals surface area contributed by atoms with Gasteiger partial charge in [-0.25, -0.2) is 0 Å². The van der Waals surface area contributed by atoms with E-state index in [1.165, 1.54) is 4.90 Å². The van der Waals surface area contributed by atoms with Gasteiger partial charge in [-0.3, -0.25) is 9.48 Å². The number of aryl methyl sites for hydroxylation is 1. The third-order valence-electron chi connectivity index (χ3n) is 3.03. The molecule has 1 heterocycles. The van der Waals surface area contributed by atoms with Crippen molar-refractivity contribution >= 4 is 40.7 Å². The van der Waals surface area contributed by atoms with E-state index in [-0.39, 0.29) is 10.9 Å². The van der Waals surface area contributed by atoms with Crippen LogP contribution in [0.4, 0.5) is 0 Å². The molecule has 0 bridgehead atoms. The van der Waals surface area contributed by atoms with Crippen LogP contribution in [0.15, 0.2) is 24.4 Å². The van der Waals surface area contributed by atoms with Crippen molar-refractivity contribution in [3.63, 3.8) is 0 Å². The number of benzene rings is 1. The summed E-state index contributed by atoms with van der Waals surface area (Å²) in [6.07, 6.45) is 1.74. The Kier molecular flexibility index (Phi) is 5.14. The molecule has 2 aromatic rings. The first-order valence-electron chi connectivity index (χ1n) is 6.35. The van der Waals surface area contributed by atoms with Crippen LogP contribution in [0.2, 0.25) is 15.1 Å². The van der Waals surface area contributed by atoms with Gasteiger partial charge in [0.2, 0.25) is 0 Å². The average Bonchev–Trinajstić information content (AvgIpc) is 2.81. The van der Waals surface area contributed by atoms with E-state index in [0.29, 0.717) is 27.8 Å². The molecular formula is C14H14Cl3N3O. The molecule has 112 valence electrons. The molecule has 2 rings (SSSR count). The highest BCUT2D eigenvalue weighted by Gasteiger charge is 2.19. The molecule has 0 saturated carbocycles. The van der Waals surface area contributed by atoms with Crippen molar-refractivity contribution in [3.05, 3.63) is 50.7 Å². The van der Waals surface area contributed by atoms with Gasteiger partial charge in [-0.05, 0) is 19.1 Å². The zero-order valence-corrected chi connectivity index (χ0v) is 13.9. The molecule has 7 heteroatoms. The van der Waals surface area contributed by atoms with Crippen LogP contribution >= 0.6 is 34.8 Å². The number of hydrogen-bond acceptors (Lipinski definition) is 2. The van der Waals surface area contributed by atoms with Crippen molar-refractivity contribution < 1.29 is 4.79 Å². The molecule has 0 unspecified atom stereocenters. The number of halogens is 3. The number of carbonyl (C=O) groups excluding carboxylic acids is 1. The van der Waals surface area contributed by atoms with Crippen LogP contribution in [-0.2, 0) is 13.1 Å². The summed E-state index contributed by atoms with van der Waals surface area (Å²) in [4.78, 5) is 13.9. The quantitative estimate of drug-likeness (QED) is 0.834. The molecule has 0 aliphatic rings. The van der Waals surface area contributed by atoms with Gasteiger partial charge in [0, 0.05) is 19.8 Å². The van der Waals surface area contributed by atoms with Crippen LogP contribution in [0, 0.1) is 0 Å². The van der Waals surface area contributed by atoms with Crippen molar-refractivity contribution in [2.24, 2.45) is 0 Å². The Morgan fingerprint density at radius 1 is 1.29 bits per heavy atom. The van der Waals surface area contributed by atoms with E-state index in [1.807, 2.05) is 6.92 Å². The minimum atomic E-state index is -0.232. The van der Waals surface area contributed by atoms with Gasteiger partial charge in [0.05, 0.1) is 27.2 Å². The third-order valence-corrected chi connectivity index (χ3v) is 4.16. The maximum absolute atomic E-state index is 12.4. The largest absolute Gasteiger partial charge is 0.336 e. The minimum absolute atomic E-state index is 0.232. The Labute approximate surface area is 138 Å².